The molecule has 0 aromatic carbocycles. The van der Waals surface area contributed by atoms with Crippen LogP contribution >= 0.6 is 11.3 Å². The summed E-state index contributed by atoms with van der Waals surface area (Å²) in [7, 11) is 0. The van der Waals surface area contributed by atoms with E-state index in [1.165, 1.54) is 23.3 Å². The van der Waals surface area contributed by atoms with Crippen molar-refractivity contribution in [1.29, 1.82) is 0 Å². The Hall–Kier alpha value is -0.340. The molecule has 66 valence electrons. The van der Waals surface area contributed by atoms with Crippen LogP contribution in [0.15, 0.2) is 11.4 Å². The number of hydrogen-bond donors (Lipinski definition) is 1. The van der Waals surface area contributed by atoms with Gasteiger partial charge in [0, 0.05) is 10.8 Å². The molecule has 0 aliphatic heterocycles. The van der Waals surface area contributed by atoms with E-state index in [2.05, 4.69) is 18.4 Å². The molecule has 1 fully saturated rings. The maximum atomic E-state index is 9.69. The maximum absolute atomic E-state index is 9.69. The molecule has 1 aliphatic rings. The van der Waals surface area contributed by atoms with Crippen LogP contribution in [-0.2, 0) is 0 Å². The fourth-order valence-electron chi connectivity index (χ4n) is 2.01. The average molecular weight is 182 g/mol. The second-order valence-electron chi connectivity index (χ2n) is 3.57. The zero-order valence-electron chi connectivity index (χ0n) is 7.29. The summed E-state index contributed by atoms with van der Waals surface area (Å²) in [5.41, 5.74) is 1.35. The molecular weight excluding hydrogens is 168 g/mol. The maximum Gasteiger partial charge on any atom is 0.0616 e. The molecule has 2 heteroatoms. The number of aryl methyl sites for hydroxylation is 1. The van der Waals surface area contributed by atoms with Gasteiger partial charge >= 0.3 is 0 Å². The van der Waals surface area contributed by atoms with E-state index in [1.54, 1.807) is 11.3 Å². The third-order valence-corrected chi connectivity index (χ3v) is 3.87. The Balaban J connectivity index is 2.24. The Labute approximate surface area is 77.0 Å². The van der Waals surface area contributed by atoms with Crippen molar-refractivity contribution in [2.75, 3.05) is 0 Å². The van der Waals surface area contributed by atoms with E-state index >= 15 is 0 Å². The van der Waals surface area contributed by atoms with Crippen LogP contribution in [0.5, 0.6) is 0 Å². The van der Waals surface area contributed by atoms with Gasteiger partial charge < -0.3 is 5.11 Å². The van der Waals surface area contributed by atoms with Crippen LogP contribution in [0.1, 0.15) is 35.6 Å². The van der Waals surface area contributed by atoms with Gasteiger partial charge in [-0.15, -0.1) is 11.3 Å². The normalized spacial score (nSPS) is 29.5. The number of thiophene rings is 1. The lowest BCUT2D eigenvalue weighted by molar-refractivity contribution is 0.165. The Morgan fingerprint density at radius 3 is 2.83 bits per heavy atom. The van der Waals surface area contributed by atoms with E-state index in [0.717, 1.165) is 6.42 Å². The zero-order valence-corrected chi connectivity index (χ0v) is 8.10. The summed E-state index contributed by atoms with van der Waals surface area (Å²) in [4.78, 5) is 1.40. The molecule has 1 N–H and O–H groups in total. The van der Waals surface area contributed by atoms with Crippen LogP contribution in [0.3, 0.4) is 0 Å². The molecule has 2 rings (SSSR count). The van der Waals surface area contributed by atoms with Crippen molar-refractivity contribution >= 4 is 11.3 Å². The largest absolute Gasteiger partial charge is 0.392 e. The minimum atomic E-state index is -0.0812. The summed E-state index contributed by atoms with van der Waals surface area (Å²) in [6.45, 7) is 2.14. The second-order valence-corrected chi connectivity index (χ2v) is 4.52. The van der Waals surface area contributed by atoms with Crippen LogP contribution in [0.25, 0.3) is 0 Å². The van der Waals surface area contributed by atoms with Gasteiger partial charge in [0.2, 0.25) is 0 Å². The van der Waals surface area contributed by atoms with Crippen molar-refractivity contribution in [3.05, 3.63) is 21.9 Å². The first-order valence-electron chi connectivity index (χ1n) is 4.51. The molecule has 0 radical (unpaired) electrons. The number of hydrogen-bond acceptors (Lipinski definition) is 2. The first-order valence-corrected chi connectivity index (χ1v) is 5.39. The van der Waals surface area contributed by atoms with Crippen LogP contribution in [0.4, 0.5) is 0 Å². The molecule has 1 heterocycles. The highest BCUT2D eigenvalue weighted by molar-refractivity contribution is 7.10. The second kappa shape index (κ2) is 3.19. The van der Waals surface area contributed by atoms with Gasteiger partial charge in [-0.3, -0.25) is 0 Å². The monoisotopic (exact) mass is 182 g/mol. The molecule has 0 spiro atoms. The van der Waals surface area contributed by atoms with E-state index < -0.39 is 0 Å². The summed E-state index contributed by atoms with van der Waals surface area (Å²) in [6, 6.07) is 2.14. The number of aliphatic hydroxyl groups is 1. The predicted octanol–water partition coefficient (Wildman–Crippen LogP) is 2.68. The quantitative estimate of drug-likeness (QED) is 0.708. The lowest BCUT2D eigenvalue weighted by Crippen LogP contribution is -2.10. The minimum absolute atomic E-state index is 0.0812. The third-order valence-electron chi connectivity index (χ3n) is 2.72. The Kier molecular flexibility index (Phi) is 2.20. The highest BCUT2D eigenvalue weighted by atomic mass is 32.1. The first kappa shape index (κ1) is 8.27. The van der Waals surface area contributed by atoms with Crippen molar-refractivity contribution in [1.82, 2.24) is 0 Å². The lowest BCUT2D eigenvalue weighted by Gasteiger charge is -2.13. The molecule has 0 unspecified atom stereocenters. The summed E-state index contributed by atoms with van der Waals surface area (Å²) in [5, 5.41) is 11.8. The molecule has 12 heavy (non-hydrogen) atoms. The van der Waals surface area contributed by atoms with Crippen molar-refractivity contribution in [2.45, 2.75) is 38.2 Å². The molecule has 1 aromatic rings. The van der Waals surface area contributed by atoms with Gasteiger partial charge in [-0.05, 0) is 36.8 Å². The van der Waals surface area contributed by atoms with E-state index in [9.17, 15) is 5.11 Å². The van der Waals surface area contributed by atoms with Gasteiger partial charge in [0.05, 0.1) is 6.10 Å². The molecule has 1 nitrogen and oxygen atoms in total. The molecule has 1 aliphatic carbocycles. The first-order chi connectivity index (χ1) is 5.79. The summed E-state index contributed by atoms with van der Waals surface area (Å²) >= 11 is 1.79. The van der Waals surface area contributed by atoms with E-state index in [0.29, 0.717) is 5.92 Å². The highest BCUT2D eigenvalue weighted by Gasteiger charge is 2.28. The Morgan fingerprint density at radius 1 is 1.50 bits per heavy atom. The SMILES string of the molecule is Cc1ccsc1[C@H]1CCC[C@@H]1O. The van der Waals surface area contributed by atoms with Crippen molar-refractivity contribution < 1.29 is 5.11 Å². The molecule has 0 amide bonds. The number of rotatable bonds is 1. The highest BCUT2D eigenvalue weighted by Crippen LogP contribution is 2.38. The molecule has 2 atom stereocenters. The van der Waals surface area contributed by atoms with Crippen LogP contribution in [-0.4, -0.2) is 11.2 Å². The van der Waals surface area contributed by atoms with Crippen LogP contribution in [0.2, 0.25) is 0 Å². The van der Waals surface area contributed by atoms with Gasteiger partial charge in [0.25, 0.3) is 0 Å². The van der Waals surface area contributed by atoms with Gasteiger partial charge in [-0.2, -0.15) is 0 Å². The molecule has 1 saturated carbocycles. The third kappa shape index (κ3) is 1.29. The standard InChI is InChI=1S/C10H14OS/c1-7-5-6-12-10(7)8-3-2-4-9(8)11/h5-6,8-9,11H,2-4H2,1H3/t8-,9-/m0/s1. The van der Waals surface area contributed by atoms with Crippen LogP contribution in [0, 0.1) is 6.92 Å². The van der Waals surface area contributed by atoms with Crippen LogP contribution < -0.4 is 0 Å². The predicted molar refractivity (Wildman–Crippen MR) is 51.7 cm³/mol. The van der Waals surface area contributed by atoms with Gasteiger partial charge in [-0.25, -0.2) is 0 Å². The Bertz CT molecular complexity index is 267. The Morgan fingerprint density at radius 2 is 2.33 bits per heavy atom. The van der Waals surface area contributed by atoms with Crippen molar-refractivity contribution in [3.8, 4) is 0 Å². The summed E-state index contributed by atoms with van der Waals surface area (Å²) in [5.74, 6) is 0.435. The van der Waals surface area contributed by atoms with Gasteiger partial charge in [0.15, 0.2) is 0 Å². The van der Waals surface area contributed by atoms with E-state index in [-0.39, 0.29) is 6.10 Å². The summed E-state index contributed by atoms with van der Waals surface area (Å²) < 4.78 is 0. The smallest absolute Gasteiger partial charge is 0.0616 e. The molecule has 1 aromatic heterocycles. The fraction of sp³-hybridized carbons (Fsp3) is 0.600. The van der Waals surface area contributed by atoms with E-state index in [4.69, 9.17) is 0 Å². The molecular formula is C10H14OS. The van der Waals surface area contributed by atoms with Gasteiger partial charge in [-0.1, -0.05) is 6.42 Å². The van der Waals surface area contributed by atoms with E-state index in [1.807, 2.05) is 0 Å². The van der Waals surface area contributed by atoms with Crippen molar-refractivity contribution in [2.24, 2.45) is 0 Å². The summed E-state index contributed by atoms with van der Waals surface area (Å²) in [6.07, 6.45) is 3.26. The zero-order chi connectivity index (χ0) is 8.55. The average Bonchev–Trinajstić information content (AvgIpc) is 2.59. The lowest BCUT2D eigenvalue weighted by atomic mass is 10.0. The minimum Gasteiger partial charge on any atom is -0.392 e. The van der Waals surface area contributed by atoms with Gasteiger partial charge in [0.1, 0.15) is 0 Å². The number of aliphatic hydroxyl groups excluding tert-OH is 1. The molecule has 0 saturated heterocycles. The van der Waals surface area contributed by atoms with Crippen molar-refractivity contribution in [3.63, 3.8) is 0 Å². The fourth-order valence-corrected chi connectivity index (χ4v) is 3.13. The molecule has 0 bridgehead atoms. The topological polar surface area (TPSA) is 20.2 Å².